The highest BCUT2D eigenvalue weighted by molar-refractivity contribution is 5.89. The van der Waals surface area contributed by atoms with E-state index in [0.717, 1.165) is 36.3 Å². The van der Waals surface area contributed by atoms with Gasteiger partial charge in [-0.3, -0.25) is 0 Å². The van der Waals surface area contributed by atoms with Crippen molar-refractivity contribution < 1.29 is 19.0 Å². The van der Waals surface area contributed by atoms with Crippen LogP contribution >= 0.6 is 0 Å². The highest BCUT2D eigenvalue weighted by Crippen LogP contribution is 2.34. The zero-order valence-corrected chi connectivity index (χ0v) is 19.6. The number of nitrogens with zero attached hydrogens (tertiary/aromatic N) is 1. The van der Waals surface area contributed by atoms with Crippen LogP contribution in [0.2, 0.25) is 0 Å². The molecule has 5 heteroatoms. The monoisotopic (exact) mass is 425 g/mol. The number of esters is 1. The Labute approximate surface area is 186 Å². The van der Waals surface area contributed by atoms with Gasteiger partial charge < -0.3 is 19.1 Å². The number of rotatable bonds is 11. The molecular formula is C26H35NO4. The fourth-order valence-corrected chi connectivity index (χ4v) is 3.48. The summed E-state index contributed by atoms with van der Waals surface area (Å²) in [4.78, 5) is 14.7. The molecule has 0 saturated heterocycles. The predicted octanol–water partition coefficient (Wildman–Crippen LogP) is 5.30. The first-order chi connectivity index (χ1) is 14.8. The lowest BCUT2D eigenvalue weighted by Crippen LogP contribution is -2.37. The van der Waals surface area contributed by atoms with E-state index < -0.39 is 0 Å². The molecule has 0 saturated carbocycles. The Morgan fingerprint density at radius 3 is 2.32 bits per heavy atom. The summed E-state index contributed by atoms with van der Waals surface area (Å²) in [5.74, 6) is 0.999. The van der Waals surface area contributed by atoms with Gasteiger partial charge in [-0.25, -0.2) is 4.79 Å². The van der Waals surface area contributed by atoms with Gasteiger partial charge in [0.1, 0.15) is 0 Å². The van der Waals surface area contributed by atoms with Gasteiger partial charge >= 0.3 is 5.97 Å². The molecule has 0 fully saturated rings. The number of hydrogen-bond donors (Lipinski definition) is 0. The smallest absolute Gasteiger partial charge is 0.330 e. The summed E-state index contributed by atoms with van der Waals surface area (Å²) in [6, 6.07) is 13.7. The van der Waals surface area contributed by atoms with E-state index in [2.05, 4.69) is 32.6 Å². The zero-order valence-electron chi connectivity index (χ0n) is 19.6. The fourth-order valence-electron chi connectivity index (χ4n) is 3.48. The molecular weight excluding hydrogens is 390 g/mol. The highest BCUT2D eigenvalue weighted by Gasteiger charge is 2.22. The van der Waals surface area contributed by atoms with Crippen molar-refractivity contribution in [3.05, 3.63) is 54.1 Å². The van der Waals surface area contributed by atoms with Gasteiger partial charge in [0.15, 0.2) is 11.5 Å². The lowest BCUT2D eigenvalue weighted by atomic mass is 9.94. The molecule has 0 aliphatic heterocycles. The molecule has 168 valence electrons. The molecule has 0 N–H and O–H groups in total. The van der Waals surface area contributed by atoms with Gasteiger partial charge in [0, 0.05) is 18.0 Å². The van der Waals surface area contributed by atoms with E-state index in [9.17, 15) is 4.79 Å². The SMILES string of the molecule is CCN(CC)CC(C)(C)COC(=O)/C=C/c1ccccc1-c1ccc(OC)c(OC)c1. The van der Waals surface area contributed by atoms with Gasteiger partial charge in [0.05, 0.1) is 20.8 Å². The van der Waals surface area contributed by atoms with Gasteiger partial charge in [0.2, 0.25) is 0 Å². The van der Waals surface area contributed by atoms with Crippen molar-refractivity contribution in [1.82, 2.24) is 4.90 Å². The topological polar surface area (TPSA) is 48.0 Å². The average Bonchev–Trinajstić information content (AvgIpc) is 2.79. The van der Waals surface area contributed by atoms with E-state index in [1.807, 2.05) is 42.5 Å². The van der Waals surface area contributed by atoms with Crippen LogP contribution in [0.25, 0.3) is 17.2 Å². The fraction of sp³-hybridized carbons (Fsp3) is 0.423. The third-order valence-electron chi connectivity index (χ3n) is 5.21. The Hall–Kier alpha value is -2.79. The van der Waals surface area contributed by atoms with E-state index in [4.69, 9.17) is 14.2 Å². The van der Waals surface area contributed by atoms with E-state index in [-0.39, 0.29) is 11.4 Å². The maximum atomic E-state index is 12.4. The second kappa shape index (κ2) is 11.6. The normalized spacial score (nSPS) is 11.7. The molecule has 5 nitrogen and oxygen atoms in total. The Kier molecular flexibility index (Phi) is 9.13. The van der Waals surface area contributed by atoms with Crippen LogP contribution in [0.5, 0.6) is 11.5 Å². The van der Waals surface area contributed by atoms with E-state index in [1.165, 1.54) is 6.08 Å². The van der Waals surface area contributed by atoms with Crippen LogP contribution < -0.4 is 9.47 Å². The molecule has 0 aromatic heterocycles. The lowest BCUT2D eigenvalue weighted by molar-refractivity contribution is -0.141. The first-order valence-electron chi connectivity index (χ1n) is 10.7. The number of ether oxygens (including phenoxy) is 3. The number of benzene rings is 2. The number of carbonyl (C=O) groups excluding carboxylic acids is 1. The van der Waals surface area contributed by atoms with Crippen LogP contribution in [-0.2, 0) is 9.53 Å². The van der Waals surface area contributed by atoms with E-state index in [1.54, 1.807) is 20.3 Å². The molecule has 0 aliphatic carbocycles. The summed E-state index contributed by atoms with van der Waals surface area (Å²) in [5.41, 5.74) is 2.79. The Morgan fingerprint density at radius 2 is 1.68 bits per heavy atom. The lowest BCUT2D eigenvalue weighted by Gasteiger charge is -2.30. The maximum absolute atomic E-state index is 12.4. The number of methoxy groups -OCH3 is 2. The molecule has 0 spiro atoms. The Morgan fingerprint density at radius 1 is 1.00 bits per heavy atom. The minimum atomic E-state index is -0.338. The van der Waals surface area contributed by atoms with Crippen molar-refractivity contribution in [3.8, 4) is 22.6 Å². The third-order valence-corrected chi connectivity index (χ3v) is 5.21. The standard InChI is InChI=1S/C26H35NO4/c1-7-27(8-2)18-26(3,4)19-31-25(28)16-14-20-11-9-10-12-22(20)21-13-15-23(29-5)24(17-21)30-6/h9-17H,7-8,18-19H2,1-6H3/b16-14+. The molecule has 2 rings (SSSR count). The number of carbonyl (C=O) groups is 1. The van der Waals surface area contributed by atoms with E-state index in [0.29, 0.717) is 18.1 Å². The molecule has 0 bridgehead atoms. The van der Waals surface area contributed by atoms with Crippen LogP contribution in [0.4, 0.5) is 0 Å². The summed E-state index contributed by atoms with van der Waals surface area (Å²) < 4.78 is 16.3. The van der Waals surface area contributed by atoms with Crippen molar-refractivity contribution in [2.75, 3.05) is 40.5 Å². The summed E-state index contributed by atoms with van der Waals surface area (Å²) in [6.07, 6.45) is 3.29. The van der Waals surface area contributed by atoms with Gasteiger partial charge in [-0.2, -0.15) is 0 Å². The third kappa shape index (κ3) is 7.14. The van der Waals surface area contributed by atoms with Crippen molar-refractivity contribution in [2.24, 2.45) is 5.41 Å². The van der Waals surface area contributed by atoms with Gasteiger partial charge in [-0.1, -0.05) is 58.0 Å². The van der Waals surface area contributed by atoms with Crippen LogP contribution in [0, 0.1) is 5.41 Å². The molecule has 0 aliphatic rings. The van der Waals surface area contributed by atoms with Crippen LogP contribution in [0.15, 0.2) is 48.5 Å². The summed E-state index contributed by atoms with van der Waals surface area (Å²) in [5, 5.41) is 0. The molecule has 0 amide bonds. The highest BCUT2D eigenvalue weighted by atomic mass is 16.5. The number of hydrogen-bond acceptors (Lipinski definition) is 5. The van der Waals surface area contributed by atoms with Crippen molar-refractivity contribution >= 4 is 12.0 Å². The van der Waals surface area contributed by atoms with Gasteiger partial charge in [-0.15, -0.1) is 0 Å². The van der Waals surface area contributed by atoms with Crippen molar-refractivity contribution in [3.63, 3.8) is 0 Å². The maximum Gasteiger partial charge on any atom is 0.330 e. The van der Waals surface area contributed by atoms with Crippen molar-refractivity contribution in [2.45, 2.75) is 27.7 Å². The van der Waals surface area contributed by atoms with Crippen LogP contribution in [0.1, 0.15) is 33.3 Å². The summed E-state index contributed by atoms with van der Waals surface area (Å²) in [6.45, 7) is 11.8. The van der Waals surface area contributed by atoms with Gasteiger partial charge in [0.25, 0.3) is 0 Å². The van der Waals surface area contributed by atoms with E-state index >= 15 is 0 Å². The van der Waals surface area contributed by atoms with Crippen LogP contribution in [-0.4, -0.2) is 51.3 Å². The van der Waals surface area contributed by atoms with Crippen molar-refractivity contribution in [1.29, 1.82) is 0 Å². The van der Waals surface area contributed by atoms with Crippen LogP contribution in [0.3, 0.4) is 0 Å². The molecule has 0 atom stereocenters. The largest absolute Gasteiger partial charge is 0.493 e. The average molecular weight is 426 g/mol. The Balaban J connectivity index is 2.11. The van der Waals surface area contributed by atoms with Gasteiger partial charge in [-0.05, 0) is 48.0 Å². The molecule has 0 heterocycles. The second-order valence-corrected chi connectivity index (χ2v) is 8.22. The first kappa shape index (κ1) is 24.5. The molecule has 31 heavy (non-hydrogen) atoms. The minimum Gasteiger partial charge on any atom is -0.493 e. The minimum absolute atomic E-state index is 0.104. The Bertz CT molecular complexity index is 885. The summed E-state index contributed by atoms with van der Waals surface area (Å²) in [7, 11) is 3.23. The quantitative estimate of drug-likeness (QED) is 0.361. The molecule has 0 radical (unpaired) electrons. The molecule has 2 aromatic carbocycles. The summed E-state index contributed by atoms with van der Waals surface area (Å²) >= 11 is 0. The molecule has 2 aromatic rings. The first-order valence-corrected chi connectivity index (χ1v) is 10.7. The second-order valence-electron chi connectivity index (χ2n) is 8.22. The molecule has 0 unspecified atom stereocenters. The predicted molar refractivity (Wildman–Crippen MR) is 127 cm³/mol. The zero-order chi connectivity index (χ0) is 22.9.